The molecule has 6 unspecified atom stereocenters. The number of rotatable bonds is 48. The Balaban J connectivity index is 2.30. The third-order valence-electron chi connectivity index (χ3n) is 12.6. The van der Waals surface area contributed by atoms with Crippen molar-refractivity contribution in [3.05, 3.63) is 12.2 Å². The van der Waals surface area contributed by atoms with Gasteiger partial charge in [0, 0.05) is 13.0 Å². The van der Waals surface area contributed by atoms with Crippen LogP contribution in [0, 0.1) is 0 Å². The molecule has 13 heteroatoms. The Kier molecular flexibility index (Phi) is 41.9. The summed E-state index contributed by atoms with van der Waals surface area (Å²) in [6.07, 6.45) is 41.1. The van der Waals surface area contributed by atoms with Crippen LogP contribution in [0.5, 0.6) is 0 Å². The molecule has 0 aromatic heterocycles. The first-order valence-corrected chi connectivity index (χ1v) is 28.3. The maximum absolute atomic E-state index is 12.9. The van der Waals surface area contributed by atoms with Crippen LogP contribution in [0.4, 0.5) is 0 Å². The number of unbranched alkanes of at least 4 members (excludes halogenated alkanes) is 33. The summed E-state index contributed by atoms with van der Waals surface area (Å²) in [5.41, 5.74) is 0. The molecule has 0 saturated carbocycles. The Morgan fingerprint density at radius 2 is 0.969 bits per heavy atom. The van der Waals surface area contributed by atoms with E-state index in [9.17, 15) is 33.1 Å². The van der Waals surface area contributed by atoms with Crippen LogP contribution in [0.25, 0.3) is 0 Å². The fourth-order valence-electron chi connectivity index (χ4n) is 8.55. The van der Waals surface area contributed by atoms with Crippen LogP contribution in [-0.2, 0) is 38.3 Å². The lowest BCUT2D eigenvalue weighted by molar-refractivity contribution is -0.301. The Labute approximate surface area is 398 Å². The molecule has 0 amide bonds. The molecule has 1 aliphatic heterocycles. The summed E-state index contributed by atoms with van der Waals surface area (Å²) >= 11 is 0. The summed E-state index contributed by atoms with van der Waals surface area (Å²) in [6, 6.07) is 0. The van der Waals surface area contributed by atoms with E-state index < -0.39 is 59.8 Å². The van der Waals surface area contributed by atoms with Crippen LogP contribution in [0.2, 0.25) is 0 Å². The van der Waals surface area contributed by atoms with Crippen LogP contribution in [0.3, 0.4) is 0 Å². The van der Waals surface area contributed by atoms with E-state index in [2.05, 4.69) is 30.2 Å². The first-order valence-electron chi connectivity index (χ1n) is 26.9. The zero-order valence-corrected chi connectivity index (χ0v) is 42.4. The van der Waals surface area contributed by atoms with E-state index in [1.807, 2.05) is 0 Å². The fourth-order valence-corrected chi connectivity index (χ4v) is 9.06. The van der Waals surface area contributed by atoms with Crippen molar-refractivity contribution in [3.63, 3.8) is 0 Å². The summed E-state index contributed by atoms with van der Waals surface area (Å²) in [6.45, 7) is 4.02. The average molecular weight is 949 g/mol. The number of esters is 1. The molecule has 0 aromatic carbocycles. The zero-order chi connectivity index (χ0) is 47.5. The number of carbonyl (C=O) groups is 1. The van der Waals surface area contributed by atoms with E-state index in [1.54, 1.807) is 0 Å². The SMILES string of the molecule is CCCCCCC/C=C\CCCCCCCCOCC(COC1OC(CO)C(O)C(OS(=O)(=O)O)C1O)OC(=O)CCCCCCCCCCCCCCCCCCCCCCCCC. The predicted molar refractivity (Wildman–Crippen MR) is 262 cm³/mol. The number of carbonyl (C=O) groups excluding carboxylic acids is 1. The molecule has 4 N–H and O–H groups in total. The van der Waals surface area contributed by atoms with Gasteiger partial charge in [0.15, 0.2) is 6.29 Å². The van der Waals surface area contributed by atoms with Crippen molar-refractivity contribution < 1.29 is 56.2 Å². The molecule has 65 heavy (non-hydrogen) atoms. The van der Waals surface area contributed by atoms with Crippen LogP contribution >= 0.6 is 0 Å². The van der Waals surface area contributed by atoms with Crippen LogP contribution in [0.15, 0.2) is 12.2 Å². The van der Waals surface area contributed by atoms with E-state index >= 15 is 0 Å². The van der Waals surface area contributed by atoms with Gasteiger partial charge in [-0.2, -0.15) is 8.42 Å². The molecule has 0 spiro atoms. The minimum absolute atomic E-state index is 0.0376. The van der Waals surface area contributed by atoms with Gasteiger partial charge in [-0.15, -0.1) is 0 Å². The van der Waals surface area contributed by atoms with E-state index in [0.717, 1.165) is 44.9 Å². The molecule has 1 rings (SSSR count). The van der Waals surface area contributed by atoms with Gasteiger partial charge >= 0.3 is 16.4 Å². The van der Waals surface area contributed by atoms with Crippen molar-refractivity contribution in [3.8, 4) is 0 Å². The quantitative estimate of drug-likeness (QED) is 0.0197. The number of ether oxygens (including phenoxy) is 4. The van der Waals surface area contributed by atoms with Gasteiger partial charge in [-0.1, -0.05) is 219 Å². The number of hydrogen-bond acceptors (Lipinski definition) is 11. The Hall–Kier alpha value is -1.16. The molecule has 1 aliphatic rings. The van der Waals surface area contributed by atoms with Gasteiger partial charge < -0.3 is 34.3 Å². The second-order valence-corrected chi connectivity index (χ2v) is 19.9. The second kappa shape index (κ2) is 44.1. The lowest BCUT2D eigenvalue weighted by Crippen LogP contribution is -2.60. The fraction of sp³-hybridized carbons (Fsp3) is 0.942. The van der Waals surface area contributed by atoms with Gasteiger partial charge in [0.25, 0.3) is 0 Å². The smallest absolute Gasteiger partial charge is 0.397 e. The largest absolute Gasteiger partial charge is 0.457 e. The summed E-state index contributed by atoms with van der Waals surface area (Å²) < 4.78 is 59.3. The highest BCUT2D eigenvalue weighted by atomic mass is 32.3. The summed E-state index contributed by atoms with van der Waals surface area (Å²) in [7, 11) is -5.06. The normalized spacial score (nSPS) is 19.6. The van der Waals surface area contributed by atoms with Crippen LogP contribution < -0.4 is 0 Å². The molecule has 0 bridgehead atoms. The summed E-state index contributed by atoms with van der Waals surface area (Å²) in [5, 5.41) is 30.8. The predicted octanol–water partition coefficient (Wildman–Crippen LogP) is 12.6. The molecule has 0 aliphatic carbocycles. The van der Waals surface area contributed by atoms with Gasteiger partial charge in [0.1, 0.15) is 30.5 Å². The molecular formula is C52H100O12S. The highest BCUT2D eigenvalue weighted by Crippen LogP contribution is 2.26. The van der Waals surface area contributed by atoms with Crippen LogP contribution in [-0.4, -0.2) is 97.5 Å². The molecule has 6 atom stereocenters. The molecule has 0 radical (unpaired) electrons. The lowest BCUT2D eigenvalue weighted by Gasteiger charge is -2.41. The monoisotopic (exact) mass is 949 g/mol. The molecule has 1 fully saturated rings. The average Bonchev–Trinajstić information content (AvgIpc) is 3.28. The Bertz CT molecular complexity index is 1190. The summed E-state index contributed by atoms with van der Waals surface area (Å²) in [4.78, 5) is 12.9. The van der Waals surface area contributed by atoms with Crippen molar-refractivity contribution >= 4 is 16.4 Å². The highest BCUT2D eigenvalue weighted by molar-refractivity contribution is 7.80. The molecule has 12 nitrogen and oxygen atoms in total. The van der Waals surface area contributed by atoms with Crippen molar-refractivity contribution in [2.75, 3.05) is 26.4 Å². The molecule has 0 aromatic rings. The topological polar surface area (TPSA) is 178 Å². The number of aliphatic hydroxyl groups is 3. The van der Waals surface area contributed by atoms with Crippen molar-refractivity contribution in [1.82, 2.24) is 0 Å². The molecule has 1 heterocycles. The first-order chi connectivity index (χ1) is 31.6. The van der Waals surface area contributed by atoms with Crippen molar-refractivity contribution in [1.29, 1.82) is 0 Å². The third kappa shape index (κ3) is 37.4. The zero-order valence-electron chi connectivity index (χ0n) is 41.6. The first kappa shape index (κ1) is 61.9. The van der Waals surface area contributed by atoms with Crippen molar-refractivity contribution in [2.24, 2.45) is 0 Å². The van der Waals surface area contributed by atoms with E-state index in [0.29, 0.717) is 13.0 Å². The minimum atomic E-state index is -5.06. The second-order valence-electron chi connectivity index (χ2n) is 18.8. The van der Waals surface area contributed by atoms with E-state index in [-0.39, 0.29) is 19.6 Å². The van der Waals surface area contributed by atoms with E-state index in [1.165, 1.54) is 180 Å². The number of aliphatic hydroxyl groups excluding tert-OH is 3. The standard InChI is InChI=1S/C52H100O12S/c1-3-5-7-9-11-13-15-17-19-20-21-22-23-24-25-26-27-29-31-33-35-37-39-41-48(54)62-46(45-61-52-50(56)51(64-65(57,58)59)49(55)47(43-53)63-52)44-60-42-40-38-36-34-32-30-28-18-16-14-12-10-8-6-4-2/h16,18,46-47,49-53,55-56H,3-15,17,19-45H2,1-2H3,(H,57,58,59)/b18-16-. The minimum Gasteiger partial charge on any atom is -0.457 e. The van der Waals surface area contributed by atoms with Gasteiger partial charge in [-0.05, 0) is 38.5 Å². The molecule has 1 saturated heterocycles. The van der Waals surface area contributed by atoms with Crippen LogP contribution in [0.1, 0.15) is 251 Å². The molecule has 386 valence electrons. The maximum atomic E-state index is 12.9. The van der Waals surface area contributed by atoms with Crippen molar-refractivity contribution in [2.45, 2.75) is 288 Å². The van der Waals surface area contributed by atoms with Gasteiger partial charge in [0.05, 0.1) is 19.8 Å². The highest BCUT2D eigenvalue weighted by Gasteiger charge is 2.48. The molecular weight excluding hydrogens is 849 g/mol. The van der Waals surface area contributed by atoms with E-state index in [4.69, 9.17) is 18.9 Å². The van der Waals surface area contributed by atoms with Gasteiger partial charge in [-0.25, -0.2) is 4.18 Å². The van der Waals surface area contributed by atoms with Gasteiger partial charge in [-0.3, -0.25) is 9.35 Å². The Morgan fingerprint density at radius 3 is 1.38 bits per heavy atom. The Morgan fingerprint density at radius 1 is 0.569 bits per heavy atom. The number of allylic oxidation sites excluding steroid dienone is 2. The summed E-state index contributed by atoms with van der Waals surface area (Å²) in [5.74, 6) is -0.395. The maximum Gasteiger partial charge on any atom is 0.397 e. The lowest BCUT2D eigenvalue weighted by atomic mass is 9.99. The van der Waals surface area contributed by atoms with Gasteiger partial charge in [0.2, 0.25) is 0 Å². The number of hydrogen-bond donors (Lipinski definition) is 4. The third-order valence-corrected chi connectivity index (χ3v) is 13.1.